The van der Waals surface area contributed by atoms with E-state index >= 15 is 0 Å². The number of benzene rings is 2. The Morgan fingerprint density at radius 2 is 1.88 bits per heavy atom. The molecule has 0 saturated carbocycles. The number of amides is 1. The third kappa shape index (κ3) is 3.54. The summed E-state index contributed by atoms with van der Waals surface area (Å²) in [5, 5.41) is 9.72. The lowest BCUT2D eigenvalue weighted by Crippen LogP contribution is -2.27. The number of para-hydroxylation sites is 1. The monoisotopic (exact) mass is 351 g/mol. The number of hydrogen-bond donors (Lipinski definition) is 2. The summed E-state index contributed by atoms with van der Waals surface area (Å²) in [5.41, 5.74) is 3.22. The number of aromatic amines is 1. The average molecular weight is 351 g/mol. The van der Waals surface area contributed by atoms with Crippen molar-refractivity contribution >= 4 is 5.91 Å². The van der Waals surface area contributed by atoms with Crippen LogP contribution in [0.1, 0.15) is 28.9 Å². The molecule has 0 radical (unpaired) electrons. The molecule has 0 aliphatic carbocycles. The van der Waals surface area contributed by atoms with E-state index in [2.05, 4.69) is 15.5 Å². The highest BCUT2D eigenvalue weighted by atomic mass is 16.5. The zero-order valence-electron chi connectivity index (χ0n) is 14.9. The molecule has 0 bridgehead atoms. The summed E-state index contributed by atoms with van der Waals surface area (Å²) in [6.07, 6.45) is 3.49. The van der Waals surface area contributed by atoms with Gasteiger partial charge in [0.1, 0.15) is 11.5 Å². The summed E-state index contributed by atoms with van der Waals surface area (Å²) in [6, 6.07) is 12.8. The number of carbonyl (C=O) groups is 1. The van der Waals surface area contributed by atoms with E-state index in [0.717, 1.165) is 22.4 Å². The van der Waals surface area contributed by atoms with E-state index in [4.69, 9.17) is 9.47 Å². The Bertz CT molecular complexity index is 891. The standard InChI is InChI=1S/C20H21N3O3/c1-13(16-6-4-5-7-18(16)25-2)23-20(24)14-8-9-17(19(10-14)26-3)15-11-21-22-12-15/h4-13H,1-3H3,(H,21,22)(H,23,24)/t13-/m1/s1. The Kier molecular flexibility index (Phi) is 5.22. The molecule has 0 spiro atoms. The number of nitrogens with zero attached hydrogens (tertiary/aromatic N) is 1. The van der Waals surface area contributed by atoms with Gasteiger partial charge >= 0.3 is 0 Å². The third-order valence-corrected chi connectivity index (χ3v) is 4.23. The van der Waals surface area contributed by atoms with Gasteiger partial charge in [-0.25, -0.2) is 0 Å². The Morgan fingerprint density at radius 1 is 1.12 bits per heavy atom. The number of rotatable bonds is 6. The highest BCUT2D eigenvalue weighted by Crippen LogP contribution is 2.30. The predicted molar refractivity (Wildman–Crippen MR) is 99.5 cm³/mol. The van der Waals surface area contributed by atoms with Gasteiger partial charge in [0.2, 0.25) is 0 Å². The number of hydrogen-bond acceptors (Lipinski definition) is 4. The topological polar surface area (TPSA) is 76.2 Å². The van der Waals surface area contributed by atoms with Crippen molar-refractivity contribution in [3.8, 4) is 22.6 Å². The molecule has 0 aliphatic heterocycles. The minimum atomic E-state index is -0.196. The zero-order chi connectivity index (χ0) is 18.5. The maximum Gasteiger partial charge on any atom is 0.251 e. The van der Waals surface area contributed by atoms with Crippen molar-refractivity contribution in [3.05, 3.63) is 66.0 Å². The van der Waals surface area contributed by atoms with Crippen LogP contribution in [-0.2, 0) is 0 Å². The maximum absolute atomic E-state index is 12.7. The first-order chi connectivity index (χ1) is 12.6. The average Bonchev–Trinajstić information content (AvgIpc) is 3.21. The van der Waals surface area contributed by atoms with Crippen LogP contribution in [0.3, 0.4) is 0 Å². The number of methoxy groups -OCH3 is 2. The van der Waals surface area contributed by atoms with Crippen LogP contribution in [-0.4, -0.2) is 30.3 Å². The van der Waals surface area contributed by atoms with Crippen LogP contribution in [0.15, 0.2) is 54.9 Å². The Hall–Kier alpha value is -3.28. The fourth-order valence-corrected chi connectivity index (χ4v) is 2.85. The van der Waals surface area contributed by atoms with E-state index in [1.165, 1.54) is 0 Å². The van der Waals surface area contributed by atoms with Gasteiger partial charge < -0.3 is 14.8 Å². The summed E-state index contributed by atoms with van der Waals surface area (Å²) < 4.78 is 10.8. The smallest absolute Gasteiger partial charge is 0.251 e. The molecular formula is C20H21N3O3. The summed E-state index contributed by atoms with van der Waals surface area (Å²) in [7, 11) is 3.20. The Labute approximate surface area is 152 Å². The van der Waals surface area contributed by atoms with Crippen LogP contribution in [0, 0.1) is 0 Å². The Balaban J connectivity index is 1.82. The van der Waals surface area contributed by atoms with Gasteiger partial charge in [0.05, 0.1) is 26.5 Å². The molecule has 1 aromatic heterocycles. The fraction of sp³-hybridized carbons (Fsp3) is 0.200. The third-order valence-electron chi connectivity index (χ3n) is 4.23. The number of carbonyl (C=O) groups excluding carboxylic acids is 1. The quantitative estimate of drug-likeness (QED) is 0.712. The second kappa shape index (κ2) is 7.74. The van der Waals surface area contributed by atoms with Crippen LogP contribution in [0.2, 0.25) is 0 Å². The van der Waals surface area contributed by atoms with Gasteiger partial charge in [0, 0.05) is 28.5 Å². The van der Waals surface area contributed by atoms with E-state index in [9.17, 15) is 4.79 Å². The predicted octanol–water partition coefficient (Wildman–Crippen LogP) is 3.58. The van der Waals surface area contributed by atoms with Crippen LogP contribution in [0.4, 0.5) is 0 Å². The number of nitrogens with one attached hydrogen (secondary N) is 2. The molecule has 6 heteroatoms. The molecule has 3 aromatic rings. The summed E-state index contributed by atoms with van der Waals surface area (Å²) >= 11 is 0. The van der Waals surface area contributed by atoms with Crippen LogP contribution < -0.4 is 14.8 Å². The summed E-state index contributed by atoms with van der Waals surface area (Å²) in [6.45, 7) is 1.92. The molecule has 2 aromatic carbocycles. The van der Waals surface area contributed by atoms with Gasteiger partial charge in [0.25, 0.3) is 5.91 Å². The van der Waals surface area contributed by atoms with E-state index in [1.807, 2.05) is 37.3 Å². The first-order valence-electron chi connectivity index (χ1n) is 8.25. The summed E-state index contributed by atoms with van der Waals surface area (Å²) in [4.78, 5) is 12.7. The molecule has 0 fully saturated rings. The van der Waals surface area contributed by atoms with Crippen molar-refractivity contribution in [2.45, 2.75) is 13.0 Å². The molecule has 26 heavy (non-hydrogen) atoms. The van der Waals surface area contributed by atoms with Crippen LogP contribution in [0.25, 0.3) is 11.1 Å². The Morgan fingerprint density at radius 3 is 2.58 bits per heavy atom. The second-order valence-electron chi connectivity index (χ2n) is 5.84. The molecule has 134 valence electrons. The SMILES string of the molecule is COc1cc(C(=O)N[C@H](C)c2ccccc2OC)ccc1-c1cn[nH]c1. The second-order valence-corrected chi connectivity index (χ2v) is 5.84. The molecule has 0 unspecified atom stereocenters. The molecular weight excluding hydrogens is 330 g/mol. The van der Waals surface area contributed by atoms with Crippen LogP contribution >= 0.6 is 0 Å². The first kappa shape index (κ1) is 17.5. The number of H-pyrrole nitrogens is 1. The minimum absolute atomic E-state index is 0.180. The molecule has 1 heterocycles. The van der Waals surface area contributed by atoms with E-state index in [-0.39, 0.29) is 11.9 Å². The van der Waals surface area contributed by atoms with Gasteiger partial charge in [-0.05, 0) is 31.2 Å². The number of ether oxygens (including phenoxy) is 2. The highest BCUT2D eigenvalue weighted by Gasteiger charge is 2.17. The molecule has 3 rings (SSSR count). The molecule has 0 aliphatic rings. The van der Waals surface area contributed by atoms with Crippen LogP contribution in [0.5, 0.6) is 11.5 Å². The van der Waals surface area contributed by atoms with Gasteiger partial charge in [-0.15, -0.1) is 0 Å². The lowest BCUT2D eigenvalue weighted by atomic mass is 10.0. The largest absolute Gasteiger partial charge is 0.496 e. The van der Waals surface area contributed by atoms with E-state index < -0.39 is 0 Å². The fourth-order valence-electron chi connectivity index (χ4n) is 2.85. The molecule has 0 saturated heterocycles. The van der Waals surface area contributed by atoms with Gasteiger partial charge in [-0.3, -0.25) is 9.89 Å². The van der Waals surface area contributed by atoms with Gasteiger partial charge in [-0.1, -0.05) is 18.2 Å². The van der Waals surface area contributed by atoms with Crippen molar-refractivity contribution in [1.29, 1.82) is 0 Å². The van der Waals surface area contributed by atoms with Gasteiger partial charge in [0.15, 0.2) is 0 Å². The molecule has 1 amide bonds. The first-order valence-corrected chi connectivity index (χ1v) is 8.25. The van der Waals surface area contributed by atoms with Crippen molar-refractivity contribution in [1.82, 2.24) is 15.5 Å². The normalized spacial score (nSPS) is 11.7. The van der Waals surface area contributed by atoms with Gasteiger partial charge in [-0.2, -0.15) is 5.10 Å². The van der Waals surface area contributed by atoms with E-state index in [0.29, 0.717) is 11.3 Å². The molecule has 6 nitrogen and oxygen atoms in total. The zero-order valence-corrected chi connectivity index (χ0v) is 14.9. The minimum Gasteiger partial charge on any atom is -0.496 e. The molecule has 1 atom stereocenters. The van der Waals surface area contributed by atoms with Crippen molar-refractivity contribution < 1.29 is 14.3 Å². The van der Waals surface area contributed by atoms with E-state index in [1.54, 1.807) is 38.7 Å². The lowest BCUT2D eigenvalue weighted by molar-refractivity contribution is 0.0939. The lowest BCUT2D eigenvalue weighted by Gasteiger charge is -2.18. The number of aromatic nitrogens is 2. The maximum atomic E-state index is 12.7. The van der Waals surface area contributed by atoms with Crippen molar-refractivity contribution in [2.24, 2.45) is 0 Å². The molecule has 2 N–H and O–H groups in total. The van der Waals surface area contributed by atoms with Crippen molar-refractivity contribution in [3.63, 3.8) is 0 Å². The summed E-state index contributed by atoms with van der Waals surface area (Å²) in [5.74, 6) is 1.18. The van der Waals surface area contributed by atoms with Crippen molar-refractivity contribution in [2.75, 3.05) is 14.2 Å². The highest BCUT2D eigenvalue weighted by molar-refractivity contribution is 5.95.